The highest BCUT2D eigenvalue weighted by molar-refractivity contribution is 5.82. The third-order valence-electron chi connectivity index (χ3n) is 3.35. The molecular formula is C17H18FNO3. The highest BCUT2D eigenvalue weighted by Crippen LogP contribution is 2.21. The van der Waals surface area contributed by atoms with Crippen LogP contribution in [-0.4, -0.2) is 30.1 Å². The molecule has 116 valence electrons. The van der Waals surface area contributed by atoms with Gasteiger partial charge in [-0.1, -0.05) is 24.3 Å². The molecule has 1 atom stereocenters. The Bertz CT molecular complexity index is 643. The number of rotatable bonds is 5. The summed E-state index contributed by atoms with van der Waals surface area (Å²) in [5, 5.41) is 10.2. The van der Waals surface area contributed by atoms with Gasteiger partial charge < -0.3 is 14.7 Å². The first-order valence-corrected chi connectivity index (χ1v) is 6.82. The molecule has 0 radical (unpaired) electrons. The lowest BCUT2D eigenvalue weighted by atomic mass is 10.1. The van der Waals surface area contributed by atoms with Crippen molar-refractivity contribution in [3.05, 3.63) is 65.5 Å². The Hall–Kier alpha value is -2.40. The maximum Gasteiger partial charge on any atom is 0.256 e. The van der Waals surface area contributed by atoms with Crippen LogP contribution in [-0.2, 0) is 11.3 Å². The van der Waals surface area contributed by atoms with Gasteiger partial charge in [0.15, 0.2) is 6.10 Å². The van der Waals surface area contributed by atoms with Crippen LogP contribution in [0, 0.1) is 5.82 Å². The second-order valence-corrected chi connectivity index (χ2v) is 5.00. The molecule has 1 unspecified atom stereocenters. The molecule has 1 N–H and O–H groups in total. The van der Waals surface area contributed by atoms with Gasteiger partial charge in [0.05, 0.1) is 7.11 Å². The first kappa shape index (κ1) is 16.0. The van der Waals surface area contributed by atoms with Gasteiger partial charge in [-0.05, 0) is 35.4 Å². The van der Waals surface area contributed by atoms with Crippen molar-refractivity contribution in [1.29, 1.82) is 0 Å². The zero-order valence-electron chi connectivity index (χ0n) is 12.5. The van der Waals surface area contributed by atoms with E-state index in [1.165, 1.54) is 24.1 Å². The van der Waals surface area contributed by atoms with Crippen molar-refractivity contribution in [1.82, 2.24) is 4.90 Å². The van der Waals surface area contributed by atoms with Gasteiger partial charge in [-0.25, -0.2) is 4.39 Å². The summed E-state index contributed by atoms with van der Waals surface area (Å²) in [6.45, 7) is 0.292. The van der Waals surface area contributed by atoms with Crippen LogP contribution in [0.15, 0.2) is 48.5 Å². The summed E-state index contributed by atoms with van der Waals surface area (Å²) < 4.78 is 18.0. The number of aliphatic hydroxyl groups is 1. The van der Waals surface area contributed by atoms with E-state index in [4.69, 9.17) is 4.74 Å². The molecule has 22 heavy (non-hydrogen) atoms. The van der Waals surface area contributed by atoms with Gasteiger partial charge in [0.2, 0.25) is 0 Å². The smallest absolute Gasteiger partial charge is 0.256 e. The SMILES string of the molecule is COc1cccc(C(O)C(=O)N(C)Cc2ccc(F)cc2)c1. The second kappa shape index (κ2) is 7.04. The normalized spacial score (nSPS) is 11.8. The minimum atomic E-state index is -1.26. The number of methoxy groups -OCH3 is 1. The van der Waals surface area contributed by atoms with Crippen LogP contribution in [0.4, 0.5) is 4.39 Å². The summed E-state index contributed by atoms with van der Waals surface area (Å²) in [6, 6.07) is 12.6. The Morgan fingerprint density at radius 3 is 2.59 bits per heavy atom. The molecule has 0 aliphatic rings. The molecule has 0 aliphatic heterocycles. The van der Waals surface area contributed by atoms with Crippen LogP contribution in [0.5, 0.6) is 5.75 Å². The van der Waals surface area contributed by atoms with Crippen molar-refractivity contribution in [2.45, 2.75) is 12.6 Å². The number of nitrogens with zero attached hydrogens (tertiary/aromatic N) is 1. The minimum Gasteiger partial charge on any atom is -0.497 e. The lowest BCUT2D eigenvalue weighted by Crippen LogP contribution is -2.31. The van der Waals surface area contributed by atoms with Crippen molar-refractivity contribution in [2.75, 3.05) is 14.2 Å². The topological polar surface area (TPSA) is 49.8 Å². The van der Waals surface area contributed by atoms with Crippen LogP contribution < -0.4 is 4.74 Å². The quantitative estimate of drug-likeness (QED) is 0.923. The van der Waals surface area contributed by atoms with Crippen LogP contribution in [0.25, 0.3) is 0 Å². The molecule has 5 heteroatoms. The number of likely N-dealkylation sites (N-methyl/N-ethyl adjacent to an activating group) is 1. The van der Waals surface area contributed by atoms with E-state index in [-0.39, 0.29) is 5.82 Å². The molecule has 0 fully saturated rings. The number of benzene rings is 2. The van der Waals surface area contributed by atoms with Crippen molar-refractivity contribution in [3.8, 4) is 5.75 Å². The lowest BCUT2D eigenvalue weighted by Gasteiger charge is -2.21. The number of aliphatic hydroxyl groups excluding tert-OH is 1. The number of amides is 1. The molecule has 0 saturated heterocycles. The number of halogens is 1. The van der Waals surface area contributed by atoms with Crippen molar-refractivity contribution >= 4 is 5.91 Å². The fourth-order valence-electron chi connectivity index (χ4n) is 2.10. The van der Waals surface area contributed by atoms with Gasteiger partial charge in [-0.2, -0.15) is 0 Å². The van der Waals surface area contributed by atoms with E-state index in [0.29, 0.717) is 17.9 Å². The molecule has 0 aromatic heterocycles. The third kappa shape index (κ3) is 3.83. The predicted octanol–water partition coefficient (Wildman–Crippen LogP) is 2.53. The maximum atomic E-state index is 12.9. The number of hydrogen-bond donors (Lipinski definition) is 1. The Morgan fingerprint density at radius 2 is 1.95 bits per heavy atom. The van der Waals surface area contributed by atoms with Crippen LogP contribution >= 0.6 is 0 Å². The highest BCUT2D eigenvalue weighted by atomic mass is 19.1. The van der Waals surface area contributed by atoms with Gasteiger partial charge >= 0.3 is 0 Å². The fraction of sp³-hybridized carbons (Fsp3) is 0.235. The number of hydrogen-bond acceptors (Lipinski definition) is 3. The number of ether oxygens (including phenoxy) is 1. The fourth-order valence-corrected chi connectivity index (χ4v) is 2.10. The summed E-state index contributed by atoms with van der Waals surface area (Å²) in [7, 11) is 3.11. The Kier molecular flexibility index (Phi) is 5.12. The van der Waals surface area contributed by atoms with Crippen LogP contribution in [0.3, 0.4) is 0 Å². The Labute approximate surface area is 128 Å². The molecule has 0 bridgehead atoms. The van der Waals surface area contributed by atoms with Crippen LogP contribution in [0.1, 0.15) is 17.2 Å². The van der Waals surface area contributed by atoms with Gasteiger partial charge in [-0.3, -0.25) is 4.79 Å². The van der Waals surface area contributed by atoms with Crippen molar-refractivity contribution in [3.63, 3.8) is 0 Å². The summed E-state index contributed by atoms with van der Waals surface area (Å²) >= 11 is 0. The molecule has 0 saturated carbocycles. The molecule has 0 aliphatic carbocycles. The van der Waals surface area contributed by atoms with E-state index in [9.17, 15) is 14.3 Å². The minimum absolute atomic E-state index is 0.292. The number of carbonyl (C=O) groups excluding carboxylic acids is 1. The summed E-state index contributed by atoms with van der Waals surface area (Å²) in [5.41, 5.74) is 1.25. The standard InChI is InChI=1S/C17H18FNO3/c1-19(11-12-6-8-14(18)9-7-12)17(21)16(20)13-4-3-5-15(10-13)22-2/h3-10,16,20H,11H2,1-2H3. The molecule has 4 nitrogen and oxygen atoms in total. The van der Waals surface area contributed by atoms with E-state index in [1.54, 1.807) is 43.4 Å². The second-order valence-electron chi connectivity index (χ2n) is 5.00. The van der Waals surface area contributed by atoms with Gasteiger partial charge in [0.25, 0.3) is 5.91 Å². The van der Waals surface area contributed by atoms with E-state index < -0.39 is 12.0 Å². The first-order chi connectivity index (χ1) is 10.5. The largest absolute Gasteiger partial charge is 0.497 e. The molecule has 2 aromatic carbocycles. The average molecular weight is 303 g/mol. The van der Waals surface area contributed by atoms with E-state index >= 15 is 0 Å². The maximum absolute atomic E-state index is 12.9. The lowest BCUT2D eigenvalue weighted by molar-refractivity contribution is -0.139. The van der Waals surface area contributed by atoms with Gasteiger partial charge in [0, 0.05) is 13.6 Å². The third-order valence-corrected chi connectivity index (χ3v) is 3.35. The van der Waals surface area contributed by atoms with Gasteiger partial charge in [0.1, 0.15) is 11.6 Å². The molecular weight excluding hydrogens is 285 g/mol. The number of carbonyl (C=O) groups is 1. The molecule has 2 aromatic rings. The predicted molar refractivity (Wildman–Crippen MR) is 80.8 cm³/mol. The summed E-state index contributed by atoms with van der Waals surface area (Å²) in [6.07, 6.45) is -1.26. The molecule has 1 amide bonds. The van der Waals surface area contributed by atoms with E-state index in [2.05, 4.69) is 0 Å². The summed E-state index contributed by atoms with van der Waals surface area (Å²) in [4.78, 5) is 13.7. The average Bonchev–Trinajstić information content (AvgIpc) is 2.55. The van der Waals surface area contributed by atoms with Crippen molar-refractivity contribution < 1.29 is 19.0 Å². The monoisotopic (exact) mass is 303 g/mol. The molecule has 0 heterocycles. The van der Waals surface area contributed by atoms with Gasteiger partial charge in [-0.15, -0.1) is 0 Å². The molecule has 0 spiro atoms. The Morgan fingerprint density at radius 1 is 1.27 bits per heavy atom. The zero-order valence-corrected chi connectivity index (χ0v) is 12.5. The zero-order chi connectivity index (χ0) is 16.1. The summed E-state index contributed by atoms with van der Waals surface area (Å²) in [5.74, 6) is -0.183. The molecule has 2 rings (SSSR count). The van der Waals surface area contributed by atoms with Crippen LogP contribution in [0.2, 0.25) is 0 Å². The highest BCUT2D eigenvalue weighted by Gasteiger charge is 2.21. The van der Waals surface area contributed by atoms with E-state index in [1.807, 2.05) is 0 Å². The first-order valence-electron chi connectivity index (χ1n) is 6.82. The van der Waals surface area contributed by atoms with E-state index in [0.717, 1.165) is 5.56 Å². The Balaban J connectivity index is 2.07. The van der Waals surface area contributed by atoms with Crippen molar-refractivity contribution in [2.24, 2.45) is 0 Å².